The number of carbonyl (C=O) groups excluding carboxylic acids is 1. The van der Waals surface area contributed by atoms with Gasteiger partial charge in [-0.2, -0.15) is 0 Å². The summed E-state index contributed by atoms with van der Waals surface area (Å²) >= 11 is 1.67. The Morgan fingerprint density at radius 2 is 2.43 bits per heavy atom. The van der Waals surface area contributed by atoms with Gasteiger partial charge < -0.3 is 9.32 Å². The van der Waals surface area contributed by atoms with E-state index in [0.29, 0.717) is 31.0 Å². The first-order valence-electron chi connectivity index (χ1n) is 7.60. The molecule has 1 saturated heterocycles. The van der Waals surface area contributed by atoms with Crippen LogP contribution in [0, 0.1) is 6.92 Å². The van der Waals surface area contributed by atoms with Crippen molar-refractivity contribution in [3.63, 3.8) is 0 Å². The largest absolute Gasteiger partial charge is 0.448 e. The van der Waals surface area contributed by atoms with E-state index in [2.05, 4.69) is 16.0 Å². The second kappa shape index (κ2) is 6.80. The number of oxazole rings is 1. The Labute approximate surface area is 138 Å². The fourth-order valence-electron chi connectivity index (χ4n) is 3.00. The van der Waals surface area contributed by atoms with Gasteiger partial charge in [0.2, 0.25) is 0 Å². The van der Waals surface area contributed by atoms with E-state index >= 15 is 0 Å². The van der Waals surface area contributed by atoms with Crippen molar-refractivity contribution >= 4 is 17.2 Å². The molecule has 2 atom stereocenters. The molecule has 1 aliphatic heterocycles. The summed E-state index contributed by atoms with van der Waals surface area (Å²) in [4.78, 5) is 21.3. The smallest absolute Gasteiger partial charge is 0.275 e. The maximum absolute atomic E-state index is 13.9. The molecule has 2 aromatic rings. The summed E-state index contributed by atoms with van der Waals surface area (Å²) in [5, 5.41) is 2.02. The van der Waals surface area contributed by atoms with Crippen LogP contribution >= 0.6 is 11.3 Å². The average molecular weight is 337 g/mol. The van der Waals surface area contributed by atoms with Crippen LogP contribution in [0.5, 0.6) is 0 Å². The van der Waals surface area contributed by atoms with Crippen LogP contribution in [0.2, 0.25) is 0 Å². The van der Waals surface area contributed by atoms with Gasteiger partial charge in [-0.1, -0.05) is 6.07 Å². The highest BCUT2D eigenvalue weighted by Crippen LogP contribution is 2.25. The zero-order valence-corrected chi connectivity index (χ0v) is 14.1. The molecular weight excluding hydrogens is 317 g/mol. The van der Waals surface area contributed by atoms with Crippen molar-refractivity contribution in [1.29, 1.82) is 0 Å². The Hall–Kier alpha value is -1.73. The first-order chi connectivity index (χ1) is 11.0. The Kier molecular flexibility index (Phi) is 4.77. The molecule has 0 N–H and O–H groups in total. The summed E-state index contributed by atoms with van der Waals surface area (Å²) in [6.45, 7) is 3.35. The molecule has 0 bridgehead atoms. The van der Waals surface area contributed by atoms with Gasteiger partial charge in [0.15, 0.2) is 12.1 Å². The number of aromatic nitrogens is 1. The molecule has 1 aliphatic rings. The predicted molar refractivity (Wildman–Crippen MR) is 86.2 cm³/mol. The molecule has 0 aromatic carbocycles. The maximum atomic E-state index is 13.9. The second-order valence-corrected chi connectivity index (χ2v) is 6.97. The number of likely N-dealkylation sites (tertiary alicyclic amines) is 1. The van der Waals surface area contributed by atoms with E-state index in [1.54, 1.807) is 30.2 Å². The number of halogens is 1. The van der Waals surface area contributed by atoms with Crippen LogP contribution in [-0.2, 0) is 6.54 Å². The normalized spacial score (nSPS) is 21.7. The fraction of sp³-hybridized carbons (Fsp3) is 0.500. The van der Waals surface area contributed by atoms with Gasteiger partial charge in [-0.3, -0.25) is 9.69 Å². The van der Waals surface area contributed by atoms with Crippen molar-refractivity contribution in [3.8, 4) is 0 Å². The molecule has 3 rings (SSSR count). The van der Waals surface area contributed by atoms with Gasteiger partial charge >= 0.3 is 0 Å². The summed E-state index contributed by atoms with van der Waals surface area (Å²) in [6.07, 6.45) is 0.894. The lowest BCUT2D eigenvalue weighted by atomic mass is 10.2. The van der Waals surface area contributed by atoms with Gasteiger partial charge in [0.05, 0.1) is 0 Å². The molecule has 124 valence electrons. The van der Waals surface area contributed by atoms with Gasteiger partial charge in [-0.15, -0.1) is 11.3 Å². The maximum Gasteiger partial charge on any atom is 0.275 e. The minimum Gasteiger partial charge on any atom is -0.448 e. The SMILES string of the molecule is Cc1ocnc1C(=O)N(C)C[C@@H]1C[C@H](F)CN1Cc1cccs1. The monoisotopic (exact) mass is 337 g/mol. The standard InChI is InChI=1S/C16H20FN3O2S/c1-11-15(18-10-22-11)16(21)19(2)8-13-6-12(17)7-20(13)9-14-4-3-5-23-14/h3-5,10,12-13H,6-9H2,1-2H3/t12-,13-/m0/s1. The number of likely N-dealkylation sites (N-methyl/N-ethyl adjacent to an activating group) is 1. The second-order valence-electron chi connectivity index (χ2n) is 5.94. The van der Waals surface area contributed by atoms with Crippen molar-refractivity contribution < 1.29 is 13.6 Å². The number of aryl methyl sites for hydroxylation is 1. The molecule has 5 nitrogen and oxygen atoms in total. The highest BCUT2D eigenvalue weighted by Gasteiger charge is 2.34. The van der Waals surface area contributed by atoms with E-state index in [1.165, 1.54) is 11.3 Å². The minimum absolute atomic E-state index is 0.0215. The van der Waals surface area contributed by atoms with Crippen molar-refractivity contribution in [1.82, 2.24) is 14.8 Å². The number of hydrogen-bond donors (Lipinski definition) is 0. The zero-order valence-electron chi connectivity index (χ0n) is 13.2. The van der Waals surface area contributed by atoms with Gasteiger partial charge in [-0.05, 0) is 24.8 Å². The van der Waals surface area contributed by atoms with E-state index in [1.807, 2.05) is 11.4 Å². The Bertz CT molecular complexity index is 658. The highest BCUT2D eigenvalue weighted by atomic mass is 32.1. The first kappa shape index (κ1) is 16.1. The number of nitrogens with zero attached hydrogens (tertiary/aromatic N) is 3. The predicted octanol–water partition coefficient (Wildman–Crippen LogP) is 2.73. The molecule has 3 heterocycles. The molecular formula is C16H20FN3O2S. The Morgan fingerprint density at radius 3 is 3.09 bits per heavy atom. The molecule has 23 heavy (non-hydrogen) atoms. The topological polar surface area (TPSA) is 49.6 Å². The molecule has 0 aliphatic carbocycles. The number of amides is 1. The van der Waals surface area contributed by atoms with E-state index in [0.717, 1.165) is 6.54 Å². The minimum atomic E-state index is -0.836. The molecule has 2 aromatic heterocycles. The summed E-state index contributed by atoms with van der Waals surface area (Å²) in [5.41, 5.74) is 0.326. The van der Waals surface area contributed by atoms with E-state index in [4.69, 9.17) is 4.42 Å². The van der Waals surface area contributed by atoms with Crippen LogP contribution in [0.25, 0.3) is 0 Å². The van der Waals surface area contributed by atoms with Crippen molar-refractivity contribution in [2.45, 2.75) is 32.1 Å². The van der Waals surface area contributed by atoms with Gasteiger partial charge in [-0.25, -0.2) is 9.37 Å². The van der Waals surface area contributed by atoms with Crippen molar-refractivity contribution in [2.24, 2.45) is 0 Å². The quantitative estimate of drug-likeness (QED) is 0.842. The summed E-state index contributed by atoms with van der Waals surface area (Å²) in [6, 6.07) is 4.08. The summed E-state index contributed by atoms with van der Waals surface area (Å²) < 4.78 is 19.0. The van der Waals surface area contributed by atoms with Gasteiger partial charge in [0.1, 0.15) is 11.9 Å². The van der Waals surface area contributed by atoms with Crippen LogP contribution in [0.4, 0.5) is 4.39 Å². The molecule has 1 amide bonds. The molecule has 0 spiro atoms. The van der Waals surface area contributed by atoms with E-state index < -0.39 is 6.17 Å². The third-order valence-electron chi connectivity index (χ3n) is 4.19. The lowest BCUT2D eigenvalue weighted by Crippen LogP contribution is -2.41. The lowest BCUT2D eigenvalue weighted by Gasteiger charge is -2.27. The molecule has 1 fully saturated rings. The summed E-state index contributed by atoms with van der Waals surface area (Å²) in [5.74, 6) is 0.321. The fourth-order valence-corrected chi connectivity index (χ4v) is 3.73. The van der Waals surface area contributed by atoms with Crippen LogP contribution in [0.1, 0.15) is 27.5 Å². The number of alkyl halides is 1. The molecule has 7 heteroatoms. The third kappa shape index (κ3) is 3.61. The van der Waals surface area contributed by atoms with Crippen LogP contribution in [-0.4, -0.2) is 53.0 Å². The molecule has 0 saturated carbocycles. The van der Waals surface area contributed by atoms with Crippen molar-refractivity contribution in [3.05, 3.63) is 40.2 Å². The van der Waals surface area contributed by atoms with Crippen LogP contribution in [0.15, 0.2) is 28.3 Å². The number of hydrogen-bond acceptors (Lipinski definition) is 5. The molecule has 0 radical (unpaired) electrons. The number of thiophene rings is 1. The number of carbonyl (C=O) groups is 1. The van der Waals surface area contributed by atoms with Crippen LogP contribution < -0.4 is 0 Å². The Balaban J connectivity index is 1.65. The van der Waals surface area contributed by atoms with E-state index in [-0.39, 0.29) is 11.9 Å². The van der Waals surface area contributed by atoms with Crippen LogP contribution in [0.3, 0.4) is 0 Å². The van der Waals surface area contributed by atoms with E-state index in [9.17, 15) is 9.18 Å². The van der Waals surface area contributed by atoms with Crippen molar-refractivity contribution in [2.75, 3.05) is 20.1 Å². The van der Waals surface area contributed by atoms with Gasteiger partial charge in [0, 0.05) is 37.6 Å². The Morgan fingerprint density at radius 1 is 1.61 bits per heavy atom. The third-order valence-corrected chi connectivity index (χ3v) is 5.06. The lowest BCUT2D eigenvalue weighted by molar-refractivity contribution is 0.0743. The molecule has 0 unspecified atom stereocenters. The van der Waals surface area contributed by atoms with Gasteiger partial charge in [0.25, 0.3) is 5.91 Å². The average Bonchev–Trinajstić information content (AvgIpc) is 3.22. The number of rotatable bonds is 5. The zero-order chi connectivity index (χ0) is 16.4. The highest BCUT2D eigenvalue weighted by molar-refractivity contribution is 7.09. The first-order valence-corrected chi connectivity index (χ1v) is 8.48. The summed E-state index contributed by atoms with van der Waals surface area (Å²) in [7, 11) is 1.73.